The number of aromatic amines is 1. The van der Waals surface area contributed by atoms with Crippen LogP contribution < -0.4 is 5.32 Å². The average Bonchev–Trinajstić information content (AvgIpc) is 3.30. The van der Waals surface area contributed by atoms with Crippen LogP contribution in [0.1, 0.15) is 35.7 Å². The number of Topliss-reactive ketones (excluding diaryl/α,β-unsaturated/α-hetero) is 1. The van der Waals surface area contributed by atoms with Gasteiger partial charge in [0.05, 0.1) is 11.3 Å². The third kappa shape index (κ3) is 3.57. The second kappa shape index (κ2) is 7.48. The number of aromatic nitrogens is 3. The van der Waals surface area contributed by atoms with Crippen molar-refractivity contribution < 1.29 is 4.79 Å². The molecule has 27 heavy (non-hydrogen) atoms. The first-order chi connectivity index (χ1) is 13.1. The number of rotatable bonds is 6. The first kappa shape index (κ1) is 17.7. The van der Waals surface area contributed by atoms with Gasteiger partial charge in [-0.3, -0.25) is 4.79 Å². The summed E-state index contributed by atoms with van der Waals surface area (Å²) < 4.78 is 0. The van der Waals surface area contributed by atoms with E-state index < -0.39 is 0 Å². The van der Waals surface area contributed by atoms with Gasteiger partial charge in [0.2, 0.25) is 0 Å². The minimum absolute atomic E-state index is 0.00941. The molecule has 3 aromatic rings. The van der Waals surface area contributed by atoms with Gasteiger partial charge in [-0.05, 0) is 45.8 Å². The SMILES string of the molecule is CC(=O)c1c(-c2ncc(C)c(NCCN3CCCC3)n2)[nH]c2ccccc12. The lowest BCUT2D eigenvalue weighted by Gasteiger charge is -2.16. The molecule has 0 amide bonds. The summed E-state index contributed by atoms with van der Waals surface area (Å²) in [6, 6.07) is 7.81. The molecule has 6 nitrogen and oxygen atoms in total. The van der Waals surface area contributed by atoms with Crippen LogP contribution in [0.5, 0.6) is 0 Å². The number of hydrogen-bond acceptors (Lipinski definition) is 5. The summed E-state index contributed by atoms with van der Waals surface area (Å²) in [6.45, 7) is 7.83. The van der Waals surface area contributed by atoms with Crippen molar-refractivity contribution in [2.45, 2.75) is 26.7 Å². The molecule has 0 bridgehead atoms. The molecule has 6 heteroatoms. The average molecular weight is 363 g/mol. The van der Waals surface area contributed by atoms with Crippen LogP contribution in [0.2, 0.25) is 0 Å². The zero-order valence-electron chi connectivity index (χ0n) is 15.9. The van der Waals surface area contributed by atoms with Gasteiger partial charge in [0, 0.05) is 35.8 Å². The first-order valence-corrected chi connectivity index (χ1v) is 9.55. The topological polar surface area (TPSA) is 73.9 Å². The molecule has 2 aromatic heterocycles. The first-order valence-electron chi connectivity index (χ1n) is 9.55. The molecular formula is C21H25N5O. The third-order valence-corrected chi connectivity index (χ3v) is 5.17. The molecule has 1 aliphatic heterocycles. The molecule has 1 aliphatic rings. The maximum absolute atomic E-state index is 12.3. The van der Waals surface area contributed by atoms with Gasteiger partial charge in [-0.2, -0.15) is 0 Å². The molecule has 0 saturated carbocycles. The van der Waals surface area contributed by atoms with Crippen molar-refractivity contribution in [2.75, 3.05) is 31.5 Å². The number of fused-ring (bicyclic) bond motifs is 1. The molecule has 2 N–H and O–H groups in total. The van der Waals surface area contributed by atoms with Gasteiger partial charge in [-0.1, -0.05) is 18.2 Å². The van der Waals surface area contributed by atoms with Gasteiger partial charge in [-0.15, -0.1) is 0 Å². The van der Waals surface area contributed by atoms with E-state index >= 15 is 0 Å². The van der Waals surface area contributed by atoms with Crippen molar-refractivity contribution in [3.05, 3.63) is 41.6 Å². The Hall–Kier alpha value is -2.73. The Bertz CT molecular complexity index is 972. The standard InChI is InChI=1S/C21H25N5O/c1-14-13-23-21(25-20(14)22-9-12-26-10-5-6-11-26)19-18(15(2)27)16-7-3-4-8-17(16)24-19/h3-4,7-8,13,24H,5-6,9-12H2,1-2H3,(H,22,23,25). The highest BCUT2D eigenvalue weighted by Gasteiger charge is 2.19. The van der Waals surface area contributed by atoms with Crippen LogP contribution in [0.4, 0.5) is 5.82 Å². The largest absolute Gasteiger partial charge is 0.368 e. The second-order valence-electron chi connectivity index (χ2n) is 7.18. The fraction of sp³-hybridized carbons (Fsp3) is 0.381. The molecule has 1 saturated heterocycles. The molecule has 140 valence electrons. The van der Waals surface area contributed by atoms with Crippen molar-refractivity contribution in [3.8, 4) is 11.5 Å². The number of carbonyl (C=O) groups is 1. The number of anilines is 1. The quantitative estimate of drug-likeness (QED) is 0.654. The van der Waals surface area contributed by atoms with Crippen LogP contribution in [0.25, 0.3) is 22.4 Å². The predicted molar refractivity (Wildman–Crippen MR) is 108 cm³/mol. The predicted octanol–water partition coefficient (Wildman–Crippen LogP) is 3.64. The fourth-order valence-electron chi connectivity index (χ4n) is 3.76. The number of hydrogen-bond donors (Lipinski definition) is 2. The normalized spacial score (nSPS) is 14.7. The number of nitrogens with one attached hydrogen (secondary N) is 2. The van der Waals surface area contributed by atoms with Crippen LogP contribution >= 0.6 is 0 Å². The summed E-state index contributed by atoms with van der Waals surface area (Å²) in [6.07, 6.45) is 4.41. The van der Waals surface area contributed by atoms with Crippen molar-refractivity contribution in [3.63, 3.8) is 0 Å². The Morgan fingerprint density at radius 2 is 2.04 bits per heavy atom. The Morgan fingerprint density at radius 1 is 1.26 bits per heavy atom. The van der Waals surface area contributed by atoms with E-state index in [1.807, 2.05) is 37.4 Å². The van der Waals surface area contributed by atoms with Gasteiger partial charge in [-0.25, -0.2) is 9.97 Å². The Balaban J connectivity index is 1.63. The summed E-state index contributed by atoms with van der Waals surface area (Å²) in [4.78, 5) is 27.3. The van der Waals surface area contributed by atoms with Crippen LogP contribution in [0.3, 0.4) is 0 Å². The van der Waals surface area contributed by atoms with Crippen molar-refractivity contribution in [2.24, 2.45) is 0 Å². The van der Waals surface area contributed by atoms with E-state index in [0.29, 0.717) is 17.1 Å². The lowest BCUT2D eigenvalue weighted by atomic mass is 10.1. The van der Waals surface area contributed by atoms with Crippen molar-refractivity contribution in [1.29, 1.82) is 0 Å². The zero-order valence-corrected chi connectivity index (χ0v) is 15.9. The smallest absolute Gasteiger partial charge is 0.178 e. The minimum atomic E-state index is 0.00941. The molecular weight excluding hydrogens is 338 g/mol. The highest BCUT2D eigenvalue weighted by molar-refractivity contribution is 6.11. The maximum Gasteiger partial charge on any atom is 0.178 e. The van der Waals surface area contributed by atoms with Gasteiger partial charge in [0.1, 0.15) is 5.82 Å². The lowest BCUT2D eigenvalue weighted by Crippen LogP contribution is -2.26. The minimum Gasteiger partial charge on any atom is -0.368 e. The molecule has 1 aromatic carbocycles. The summed E-state index contributed by atoms with van der Waals surface area (Å²) in [5.41, 5.74) is 3.26. The van der Waals surface area contributed by atoms with E-state index in [-0.39, 0.29) is 5.78 Å². The van der Waals surface area contributed by atoms with Crippen molar-refractivity contribution >= 4 is 22.5 Å². The van der Waals surface area contributed by atoms with Crippen molar-refractivity contribution in [1.82, 2.24) is 19.9 Å². The number of nitrogens with zero attached hydrogens (tertiary/aromatic N) is 3. The van der Waals surface area contributed by atoms with E-state index in [0.717, 1.165) is 35.4 Å². The number of carbonyl (C=O) groups excluding carboxylic acids is 1. The number of ketones is 1. The number of H-pyrrole nitrogens is 1. The number of benzene rings is 1. The van der Waals surface area contributed by atoms with E-state index in [2.05, 4.69) is 20.2 Å². The molecule has 1 fully saturated rings. The number of likely N-dealkylation sites (tertiary alicyclic amines) is 1. The Labute approximate surface area is 159 Å². The molecule has 0 atom stereocenters. The van der Waals surface area contributed by atoms with E-state index in [9.17, 15) is 4.79 Å². The molecule has 4 rings (SSSR count). The molecule has 0 spiro atoms. The van der Waals surface area contributed by atoms with Gasteiger partial charge in [0.15, 0.2) is 11.6 Å². The van der Waals surface area contributed by atoms with Crippen LogP contribution in [0.15, 0.2) is 30.5 Å². The number of aryl methyl sites for hydroxylation is 1. The molecule has 0 unspecified atom stereocenters. The summed E-state index contributed by atoms with van der Waals surface area (Å²) in [5, 5.41) is 4.35. The molecule has 0 radical (unpaired) electrons. The monoisotopic (exact) mass is 363 g/mol. The van der Waals surface area contributed by atoms with Gasteiger partial charge < -0.3 is 15.2 Å². The third-order valence-electron chi connectivity index (χ3n) is 5.17. The fourth-order valence-corrected chi connectivity index (χ4v) is 3.76. The van der Waals surface area contributed by atoms with Crippen LogP contribution in [0, 0.1) is 6.92 Å². The summed E-state index contributed by atoms with van der Waals surface area (Å²) >= 11 is 0. The lowest BCUT2D eigenvalue weighted by molar-refractivity contribution is 0.102. The van der Waals surface area contributed by atoms with Gasteiger partial charge in [0.25, 0.3) is 0 Å². The van der Waals surface area contributed by atoms with Crippen LogP contribution in [-0.4, -0.2) is 51.8 Å². The highest BCUT2D eigenvalue weighted by Crippen LogP contribution is 2.29. The number of para-hydroxylation sites is 1. The summed E-state index contributed by atoms with van der Waals surface area (Å²) in [7, 11) is 0. The Morgan fingerprint density at radius 3 is 2.81 bits per heavy atom. The molecule has 0 aliphatic carbocycles. The Kier molecular flexibility index (Phi) is 4.90. The highest BCUT2D eigenvalue weighted by atomic mass is 16.1. The maximum atomic E-state index is 12.3. The van der Waals surface area contributed by atoms with E-state index in [4.69, 9.17) is 4.98 Å². The van der Waals surface area contributed by atoms with Gasteiger partial charge >= 0.3 is 0 Å². The van der Waals surface area contributed by atoms with Crippen LogP contribution in [-0.2, 0) is 0 Å². The molecule has 3 heterocycles. The zero-order chi connectivity index (χ0) is 18.8. The van der Waals surface area contributed by atoms with E-state index in [1.54, 1.807) is 6.92 Å². The summed E-state index contributed by atoms with van der Waals surface area (Å²) in [5.74, 6) is 1.38. The van der Waals surface area contributed by atoms with E-state index in [1.165, 1.54) is 25.9 Å². The second-order valence-corrected chi connectivity index (χ2v) is 7.18.